The lowest BCUT2D eigenvalue weighted by atomic mass is 9.52. The smallest absolute Gasteiger partial charge is 0.138 e. The van der Waals surface area contributed by atoms with Crippen molar-refractivity contribution in [2.45, 2.75) is 45.6 Å². The molecule has 0 aromatic carbocycles. The van der Waals surface area contributed by atoms with Crippen LogP contribution in [-0.4, -0.2) is 9.78 Å². The molecule has 100 valence electrons. The summed E-state index contributed by atoms with van der Waals surface area (Å²) in [5.41, 5.74) is 1.71. The third-order valence-corrected chi connectivity index (χ3v) is 5.82. The summed E-state index contributed by atoms with van der Waals surface area (Å²) in [4.78, 5) is 0. The average molecular weight is 255 g/mol. The van der Waals surface area contributed by atoms with E-state index in [0.717, 1.165) is 47.5 Å². The zero-order chi connectivity index (χ0) is 13.0. The molecule has 1 aromatic heterocycles. The van der Waals surface area contributed by atoms with Gasteiger partial charge in [0.25, 0.3) is 0 Å². The van der Waals surface area contributed by atoms with Gasteiger partial charge in [0.1, 0.15) is 11.8 Å². The Labute approximate surface area is 114 Å². The zero-order valence-corrected chi connectivity index (χ0v) is 11.5. The lowest BCUT2D eigenvalue weighted by molar-refractivity contribution is -0.0443. The van der Waals surface area contributed by atoms with E-state index in [1.807, 2.05) is 17.7 Å². The molecular weight excluding hydrogens is 234 g/mol. The van der Waals surface area contributed by atoms with Crippen molar-refractivity contribution in [3.8, 4) is 6.07 Å². The van der Waals surface area contributed by atoms with Gasteiger partial charge >= 0.3 is 0 Å². The molecule has 0 amide bonds. The maximum absolute atomic E-state index is 9.20. The van der Waals surface area contributed by atoms with Gasteiger partial charge in [-0.1, -0.05) is 0 Å². The molecule has 1 aromatic rings. The molecule has 4 fully saturated rings. The quantitative estimate of drug-likeness (QED) is 0.814. The highest BCUT2D eigenvalue weighted by Gasteiger charge is 2.48. The standard InChI is InChI=1S/C16H21N3/c1-10-2-15(8-17)19(18-10)9-16-13-4-11-3-12(6-13)7-14(16)5-11/h2,11-14,16H,3-7,9H2,1H3. The number of aryl methyl sites for hydroxylation is 1. The summed E-state index contributed by atoms with van der Waals surface area (Å²) in [5.74, 6) is 4.64. The first-order valence-electron chi connectivity index (χ1n) is 7.67. The number of nitriles is 1. The first kappa shape index (κ1) is 11.5. The van der Waals surface area contributed by atoms with Crippen LogP contribution < -0.4 is 0 Å². The fourth-order valence-electron chi connectivity index (χ4n) is 5.31. The number of hydrogen-bond donors (Lipinski definition) is 0. The molecule has 0 saturated heterocycles. The second kappa shape index (κ2) is 4.10. The SMILES string of the molecule is Cc1cc(C#N)n(CC2C3CC4CC(C3)CC2C4)n1. The first-order chi connectivity index (χ1) is 9.22. The Kier molecular flexibility index (Phi) is 2.48. The van der Waals surface area contributed by atoms with Crippen LogP contribution >= 0.6 is 0 Å². The molecule has 3 heteroatoms. The number of nitrogens with zero attached hydrogens (tertiary/aromatic N) is 3. The van der Waals surface area contributed by atoms with Gasteiger partial charge in [-0.2, -0.15) is 10.4 Å². The van der Waals surface area contributed by atoms with Crippen LogP contribution in [0.3, 0.4) is 0 Å². The van der Waals surface area contributed by atoms with Crippen LogP contribution in [0.4, 0.5) is 0 Å². The van der Waals surface area contributed by atoms with Gasteiger partial charge in [0.05, 0.1) is 5.69 Å². The van der Waals surface area contributed by atoms with E-state index in [-0.39, 0.29) is 0 Å². The molecular formula is C16H21N3. The van der Waals surface area contributed by atoms with Crippen molar-refractivity contribution >= 4 is 0 Å². The van der Waals surface area contributed by atoms with Crippen molar-refractivity contribution in [2.24, 2.45) is 29.6 Å². The van der Waals surface area contributed by atoms with Gasteiger partial charge < -0.3 is 0 Å². The third-order valence-electron chi connectivity index (χ3n) is 5.82. The molecule has 19 heavy (non-hydrogen) atoms. The second-order valence-electron chi connectivity index (χ2n) is 7.06. The van der Waals surface area contributed by atoms with E-state index >= 15 is 0 Å². The van der Waals surface area contributed by atoms with Crippen LogP contribution in [0.5, 0.6) is 0 Å². The van der Waals surface area contributed by atoms with E-state index in [2.05, 4.69) is 11.2 Å². The molecule has 1 heterocycles. The third kappa shape index (κ3) is 1.81. The highest BCUT2D eigenvalue weighted by molar-refractivity contribution is 5.22. The lowest BCUT2D eigenvalue weighted by Gasteiger charge is -2.54. The molecule has 0 radical (unpaired) electrons. The topological polar surface area (TPSA) is 41.6 Å². The van der Waals surface area contributed by atoms with E-state index in [4.69, 9.17) is 0 Å². The summed E-state index contributed by atoms with van der Waals surface area (Å²) in [7, 11) is 0. The predicted octanol–water partition coefficient (Wildman–Crippen LogP) is 3.14. The molecule has 4 aliphatic carbocycles. The summed E-state index contributed by atoms with van der Waals surface area (Å²) < 4.78 is 1.97. The minimum absolute atomic E-state index is 0.742. The second-order valence-corrected chi connectivity index (χ2v) is 7.06. The van der Waals surface area contributed by atoms with Gasteiger partial charge in [-0.05, 0) is 74.7 Å². The van der Waals surface area contributed by atoms with Crippen molar-refractivity contribution in [3.63, 3.8) is 0 Å². The van der Waals surface area contributed by atoms with Crippen LogP contribution in [0.2, 0.25) is 0 Å². The Morgan fingerprint density at radius 3 is 2.42 bits per heavy atom. The number of rotatable bonds is 2. The van der Waals surface area contributed by atoms with Crippen LogP contribution in [0.1, 0.15) is 43.5 Å². The lowest BCUT2D eigenvalue weighted by Crippen LogP contribution is -2.46. The van der Waals surface area contributed by atoms with Crippen molar-refractivity contribution in [1.82, 2.24) is 9.78 Å². The Bertz CT molecular complexity index is 509. The molecule has 5 rings (SSSR count). The molecule has 4 aliphatic rings. The Morgan fingerprint density at radius 2 is 1.84 bits per heavy atom. The first-order valence-corrected chi connectivity index (χ1v) is 7.67. The Morgan fingerprint density at radius 1 is 1.21 bits per heavy atom. The largest absolute Gasteiger partial charge is 0.254 e. The maximum Gasteiger partial charge on any atom is 0.138 e. The number of hydrogen-bond acceptors (Lipinski definition) is 2. The molecule has 0 spiro atoms. The fraction of sp³-hybridized carbons (Fsp3) is 0.750. The van der Waals surface area contributed by atoms with Gasteiger partial charge in [0.15, 0.2) is 0 Å². The summed E-state index contributed by atoms with van der Waals surface area (Å²) in [6.07, 6.45) is 7.28. The van der Waals surface area contributed by atoms with E-state index in [0.29, 0.717) is 0 Å². The molecule has 0 aliphatic heterocycles. The minimum Gasteiger partial charge on any atom is -0.254 e. The molecule has 0 atom stereocenters. The van der Waals surface area contributed by atoms with E-state index in [9.17, 15) is 5.26 Å². The van der Waals surface area contributed by atoms with Gasteiger partial charge in [-0.25, -0.2) is 0 Å². The van der Waals surface area contributed by atoms with E-state index < -0.39 is 0 Å². The van der Waals surface area contributed by atoms with Gasteiger partial charge in [0, 0.05) is 6.54 Å². The van der Waals surface area contributed by atoms with Crippen molar-refractivity contribution in [1.29, 1.82) is 5.26 Å². The Balaban J connectivity index is 1.58. The van der Waals surface area contributed by atoms with Crippen LogP contribution in [0.25, 0.3) is 0 Å². The molecule has 0 unspecified atom stereocenters. The minimum atomic E-state index is 0.742. The maximum atomic E-state index is 9.20. The Hall–Kier alpha value is -1.30. The zero-order valence-electron chi connectivity index (χ0n) is 11.5. The van der Waals surface area contributed by atoms with Crippen molar-refractivity contribution in [3.05, 3.63) is 17.5 Å². The van der Waals surface area contributed by atoms with Crippen molar-refractivity contribution in [2.75, 3.05) is 0 Å². The molecule has 3 nitrogen and oxygen atoms in total. The van der Waals surface area contributed by atoms with Gasteiger partial charge in [-0.15, -0.1) is 0 Å². The summed E-state index contributed by atoms with van der Waals surface area (Å²) in [6, 6.07) is 4.20. The normalized spacial score (nSPS) is 39.5. The molecule has 0 N–H and O–H groups in total. The summed E-state index contributed by atoms with van der Waals surface area (Å²) >= 11 is 0. The summed E-state index contributed by atoms with van der Waals surface area (Å²) in [6.45, 7) is 2.96. The number of aromatic nitrogens is 2. The van der Waals surface area contributed by atoms with E-state index in [1.165, 1.54) is 32.1 Å². The predicted molar refractivity (Wildman–Crippen MR) is 72.2 cm³/mol. The van der Waals surface area contributed by atoms with Crippen LogP contribution in [0, 0.1) is 47.8 Å². The van der Waals surface area contributed by atoms with Crippen LogP contribution in [0.15, 0.2) is 6.07 Å². The molecule has 4 saturated carbocycles. The van der Waals surface area contributed by atoms with Gasteiger partial charge in [-0.3, -0.25) is 4.68 Å². The van der Waals surface area contributed by atoms with E-state index in [1.54, 1.807) is 0 Å². The van der Waals surface area contributed by atoms with Crippen LogP contribution in [-0.2, 0) is 6.54 Å². The highest BCUT2D eigenvalue weighted by atomic mass is 15.3. The highest BCUT2D eigenvalue weighted by Crippen LogP contribution is 2.56. The monoisotopic (exact) mass is 255 g/mol. The average Bonchev–Trinajstić information content (AvgIpc) is 2.73. The van der Waals surface area contributed by atoms with Crippen molar-refractivity contribution < 1.29 is 0 Å². The van der Waals surface area contributed by atoms with Gasteiger partial charge in [0.2, 0.25) is 0 Å². The summed E-state index contributed by atoms with van der Waals surface area (Å²) in [5, 5.41) is 13.7. The fourth-order valence-corrected chi connectivity index (χ4v) is 5.31. The molecule has 4 bridgehead atoms.